The van der Waals surface area contributed by atoms with Gasteiger partial charge in [0.15, 0.2) is 0 Å². The Morgan fingerprint density at radius 2 is 0.860 bits per heavy atom. The monoisotopic (exact) mass is 606 g/mol. The molecule has 4 heteroatoms. The van der Waals surface area contributed by atoms with Gasteiger partial charge in [0.2, 0.25) is 0 Å². The number of unbranched alkanes of at least 4 members (excludes halogenated alkanes) is 4. The third kappa shape index (κ3) is 9.24. The first kappa shape index (κ1) is 35.0. The van der Waals surface area contributed by atoms with E-state index in [0.717, 1.165) is 39.1 Å². The van der Waals surface area contributed by atoms with E-state index < -0.39 is 6.83 Å². The van der Waals surface area contributed by atoms with E-state index in [4.69, 9.17) is 4.52 Å². The second-order valence-corrected chi connectivity index (χ2v) is 19.0. The van der Waals surface area contributed by atoms with E-state index in [-0.39, 0.29) is 0 Å². The quantitative estimate of drug-likeness (QED) is 0.142. The van der Waals surface area contributed by atoms with Gasteiger partial charge in [0.25, 0.3) is 0 Å². The summed E-state index contributed by atoms with van der Waals surface area (Å²) in [6, 6.07) is 16.3. The fourth-order valence-electron chi connectivity index (χ4n) is 6.77. The van der Waals surface area contributed by atoms with Crippen molar-refractivity contribution in [1.82, 2.24) is 0 Å². The third-order valence-electron chi connectivity index (χ3n) is 9.28. The van der Waals surface area contributed by atoms with Gasteiger partial charge in [-0.05, 0) is 0 Å². The van der Waals surface area contributed by atoms with Gasteiger partial charge in [0.05, 0.1) is 0 Å². The minimum absolute atomic E-state index is 0.336. The van der Waals surface area contributed by atoms with E-state index >= 15 is 0 Å². The van der Waals surface area contributed by atoms with Crippen LogP contribution < -0.4 is 4.52 Å². The second kappa shape index (κ2) is 16.0. The average Bonchev–Trinajstić information content (AvgIpc) is 2.98. The van der Waals surface area contributed by atoms with Crippen LogP contribution >= 0.6 is 6.83 Å². The normalized spacial score (nSPS) is 12.7. The predicted octanol–water partition coefficient (Wildman–Crippen LogP) is 11.3. The van der Waals surface area contributed by atoms with Crippen LogP contribution in [0.4, 0.5) is 0 Å². The van der Waals surface area contributed by atoms with Crippen molar-refractivity contribution in [3.8, 4) is 17.2 Å². The van der Waals surface area contributed by atoms with Crippen LogP contribution in [0.2, 0.25) is 0 Å². The minimum atomic E-state index is -2.67. The maximum absolute atomic E-state index is 10.9. The van der Waals surface area contributed by atoms with Gasteiger partial charge in [-0.2, -0.15) is 0 Å². The molecular formula is C39H59O3P. The van der Waals surface area contributed by atoms with Crippen LogP contribution in [0.1, 0.15) is 118 Å². The second-order valence-electron chi connectivity index (χ2n) is 13.3. The van der Waals surface area contributed by atoms with E-state index in [1.165, 1.54) is 81.6 Å². The van der Waals surface area contributed by atoms with Gasteiger partial charge in [-0.3, -0.25) is 0 Å². The molecule has 0 aliphatic carbocycles. The number of phenolic OH excluding ortho intramolecular Hbond substituents is 2. The van der Waals surface area contributed by atoms with Crippen LogP contribution in [0, 0.1) is 20.8 Å². The zero-order valence-corrected chi connectivity index (χ0v) is 29.2. The molecule has 238 valence electrons. The Labute approximate surface area is 263 Å². The zero-order valence-electron chi connectivity index (χ0n) is 28.3. The molecule has 43 heavy (non-hydrogen) atoms. The van der Waals surface area contributed by atoms with Gasteiger partial charge in [0, 0.05) is 0 Å². The van der Waals surface area contributed by atoms with Gasteiger partial charge >= 0.3 is 264 Å². The molecule has 0 aromatic heterocycles. The molecule has 0 saturated carbocycles. The molecule has 3 nitrogen and oxygen atoms in total. The van der Waals surface area contributed by atoms with Crippen LogP contribution in [-0.2, 0) is 12.8 Å². The molecule has 0 aliphatic heterocycles. The summed E-state index contributed by atoms with van der Waals surface area (Å²) in [5, 5.41) is 21.8. The molecule has 0 unspecified atom stereocenters. The molecule has 3 aromatic rings. The molecule has 0 heterocycles. The number of aromatic hydroxyl groups is 2. The molecule has 0 bridgehead atoms. The first-order valence-electron chi connectivity index (χ1n) is 17.0. The van der Waals surface area contributed by atoms with Crippen molar-refractivity contribution in [2.45, 2.75) is 113 Å². The Morgan fingerprint density at radius 1 is 0.512 bits per heavy atom. The number of aryl methyl sites for hydroxylation is 3. The first-order chi connectivity index (χ1) is 20.6. The molecule has 3 rings (SSSR count). The van der Waals surface area contributed by atoms with E-state index in [0.29, 0.717) is 24.3 Å². The van der Waals surface area contributed by atoms with Crippen molar-refractivity contribution < 1.29 is 14.7 Å². The number of rotatable bonds is 18. The van der Waals surface area contributed by atoms with Crippen molar-refractivity contribution in [3.05, 3.63) is 87.5 Å². The number of phenols is 2. The maximum atomic E-state index is 10.9. The van der Waals surface area contributed by atoms with E-state index in [9.17, 15) is 10.2 Å². The summed E-state index contributed by atoms with van der Waals surface area (Å²) >= 11 is 0. The summed E-state index contributed by atoms with van der Waals surface area (Å²) in [7, 11) is 0. The summed E-state index contributed by atoms with van der Waals surface area (Å²) in [5.41, 5.74) is 7.64. The van der Waals surface area contributed by atoms with E-state index in [1.54, 1.807) is 0 Å². The number of hydrogen-bond acceptors (Lipinski definition) is 3. The average molecular weight is 607 g/mol. The van der Waals surface area contributed by atoms with Crippen LogP contribution in [0.25, 0.3) is 0 Å². The molecule has 0 amide bonds. The molecule has 3 aromatic carbocycles. The van der Waals surface area contributed by atoms with Crippen molar-refractivity contribution in [2.75, 3.05) is 24.6 Å². The van der Waals surface area contributed by atoms with Gasteiger partial charge < -0.3 is 0 Å². The summed E-state index contributed by atoms with van der Waals surface area (Å²) in [4.78, 5) is 0. The van der Waals surface area contributed by atoms with Gasteiger partial charge in [-0.15, -0.1) is 0 Å². The summed E-state index contributed by atoms with van der Waals surface area (Å²) in [6.07, 6.45) is 15.4. The van der Waals surface area contributed by atoms with Gasteiger partial charge in [-0.1, -0.05) is 0 Å². The Kier molecular flexibility index (Phi) is 13.0. The third-order valence-corrected chi connectivity index (χ3v) is 15.8. The SMILES string of the molecule is CCCCP(CCCC)(CCCC)(CCCC)Oc1c(Cc2cc(C)ccc2O)cc(C)cc1Cc1cc(C)ccc1O. The molecule has 0 fully saturated rings. The summed E-state index contributed by atoms with van der Waals surface area (Å²) < 4.78 is 7.97. The van der Waals surface area contributed by atoms with Crippen LogP contribution in [0.5, 0.6) is 17.2 Å². The molecule has 0 atom stereocenters. The van der Waals surface area contributed by atoms with Crippen molar-refractivity contribution >= 4 is 6.83 Å². The molecule has 0 radical (unpaired) electrons. The van der Waals surface area contributed by atoms with Crippen LogP contribution in [-0.4, -0.2) is 34.9 Å². The molecule has 0 aliphatic rings. The molecule has 0 spiro atoms. The van der Waals surface area contributed by atoms with Gasteiger partial charge in [-0.25, -0.2) is 0 Å². The molecule has 2 N–H and O–H groups in total. The number of benzene rings is 3. The fraction of sp³-hybridized carbons (Fsp3) is 0.538. The fourth-order valence-corrected chi connectivity index (χ4v) is 13.7. The van der Waals surface area contributed by atoms with E-state index in [2.05, 4.69) is 72.7 Å². The Bertz CT molecular complexity index is 1210. The topological polar surface area (TPSA) is 49.7 Å². The van der Waals surface area contributed by atoms with Crippen molar-refractivity contribution in [1.29, 1.82) is 0 Å². The molecule has 0 saturated heterocycles. The Balaban J connectivity index is 2.33. The van der Waals surface area contributed by atoms with Crippen molar-refractivity contribution in [3.63, 3.8) is 0 Å². The van der Waals surface area contributed by atoms with Gasteiger partial charge in [0.1, 0.15) is 0 Å². The summed E-state index contributed by atoms with van der Waals surface area (Å²) in [5.74, 6) is 1.69. The Morgan fingerprint density at radius 3 is 1.21 bits per heavy atom. The predicted molar refractivity (Wildman–Crippen MR) is 189 cm³/mol. The van der Waals surface area contributed by atoms with E-state index in [1.807, 2.05) is 24.3 Å². The number of hydrogen-bond donors (Lipinski definition) is 2. The first-order valence-corrected chi connectivity index (χ1v) is 19.9. The summed E-state index contributed by atoms with van der Waals surface area (Å²) in [6.45, 7) is 12.9. The molecular weight excluding hydrogens is 547 g/mol. The Hall–Kier alpha value is -2.51. The van der Waals surface area contributed by atoms with Crippen LogP contribution in [0.3, 0.4) is 0 Å². The van der Waals surface area contributed by atoms with Crippen molar-refractivity contribution in [2.24, 2.45) is 0 Å². The zero-order chi connectivity index (χ0) is 31.5. The standard InChI is InChI=1S/C39H59O3P/c1-8-12-20-43(21-13-9-2,22-14-10-3,23-15-11-4)42-39-35(28-33-24-30(5)16-18-37(33)40)26-32(7)27-36(39)29-34-25-31(6)17-19-38(34)41/h16-19,24-27,40-41H,8-15,20-23,28-29H2,1-7H3. The van der Waals surface area contributed by atoms with Crippen LogP contribution in [0.15, 0.2) is 48.5 Å².